The fourth-order valence-electron chi connectivity index (χ4n) is 2.91. The number of hydrogen-bond acceptors (Lipinski definition) is 1. The van der Waals surface area contributed by atoms with Crippen LogP contribution in [0.1, 0.15) is 49.8 Å². The monoisotopic (exact) mass is 231 g/mol. The minimum absolute atomic E-state index is 0.316. The molecular weight excluding hydrogens is 206 g/mol. The third kappa shape index (κ3) is 3.57. The van der Waals surface area contributed by atoms with Crippen LogP contribution < -0.4 is 5.73 Å². The quantitative estimate of drug-likeness (QED) is 0.843. The van der Waals surface area contributed by atoms with Gasteiger partial charge in [-0.1, -0.05) is 32.0 Å². The van der Waals surface area contributed by atoms with Crippen molar-refractivity contribution < 1.29 is 0 Å². The first-order valence-corrected chi connectivity index (χ1v) is 7.01. The summed E-state index contributed by atoms with van der Waals surface area (Å²) in [5, 5.41) is 0. The van der Waals surface area contributed by atoms with Gasteiger partial charge in [0.1, 0.15) is 0 Å². The molecule has 0 saturated carbocycles. The minimum atomic E-state index is 0.316. The van der Waals surface area contributed by atoms with Crippen LogP contribution in [0.5, 0.6) is 0 Å². The predicted molar refractivity (Wildman–Crippen MR) is 74.2 cm³/mol. The molecule has 0 spiro atoms. The van der Waals surface area contributed by atoms with E-state index in [2.05, 4.69) is 32.0 Å². The smallest absolute Gasteiger partial charge is 0.00817 e. The molecule has 2 rings (SSSR count). The Morgan fingerprint density at radius 3 is 2.53 bits per heavy atom. The van der Waals surface area contributed by atoms with E-state index in [0.29, 0.717) is 12.0 Å². The Balaban J connectivity index is 2.01. The van der Waals surface area contributed by atoms with Gasteiger partial charge in [-0.05, 0) is 61.1 Å². The molecule has 1 aromatic rings. The van der Waals surface area contributed by atoms with Crippen LogP contribution in [0, 0.1) is 5.92 Å². The van der Waals surface area contributed by atoms with Crippen LogP contribution in [0.4, 0.5) is 0 Å². The van der Waals surface area contributed by atoms with Gasteiger partial charge in [0.05, 0.1) is 0 Å². The van der Waals surface area contributed by atoms with Crippen molar-refractivity contribution in [3.8, 4) is 0 Å². The average molecular weight is 231 g/mol. The maximum atomic E-state index is 6.18. The first-order chi connectivity index (χ1) is 8.15. The maximum Gasteiger partial charge on any atom is 0.00817 e. The Labute approximate surface area is 105 Å². The Kier molecular flexibility index (Phi) is 4.22. The zero-order valence-corrected chi connectivity index (χ0v) is 11.2. The van der Waals surface area contributed by atoms with Crippen molar-refractivity contribution in [3.63, 3.8) is 0 Å². The molecule has 1 aliphatic rings. The van der Waals surface area contributed by atoms with Gasteiger partial charge in [-0.15, -0.1) is 0 Å². The van der Waals surface area contributed by atoms with Crippen molar-refractivity contribution in [3.05, 3.63) is 34.9 Å². The zero-order chi connectivity index (χ0) is 12.3. The summed E-state index contributed by atoms with van der Waals surface area (Å²) in [7, 11) is 0. The summed E-state index contributed by atoms with van der Waals surface area (Å²) in [5.74, 6) is 0.697. The summed E-state index contributed by atoms with van der Waals surface area (Å²) >= 11 is 0. The normalized spacial score (nSPS) is 16.9. The SMILES string of the molecule is CC(C)CC(N)Cc1ccc2c(c1)CCCC2. The summed E-state index contributed by atoms with van der Waals surface area (Å²) in [6.07, 6.45) is 7.41. The summed E-state index contributed by atoms with van der Waals surface area (Å²) in [5.41, 5.74) is 10.8. The first kappa shape index (κ1) is 12.6. The Bertz CT molecular complexity index is 368. The molecular formula is C16H25N. The highest BCUT2D eigenvalue weighted by molar-refractivity contribution is 5.34. The van der Waals surface area contributed by atoms with Crippen LogP contribution in [0.25, 0.3) is 0 Å². The van der Waals surface area contributed by atoms with Gasteiger partial charge in [0.15, 0.2) is 0 Å². The molecule has 0 heterocycles. The predicted octanol–water partition coefficient (Wildman–Crippen LogP) is 3.48. The fourth-order valence-corrected chi connectivity index (χ4v) is 2.91. The fraction of sp³-hybridized carbons (Fsp3) is 0.625. The molecule has 0 aromatic heterocycles. The highest BCUT2D eigenvalue weighted by Gasteiger charge is 2.11. The van der Waals surface area contributed by atoms with Gasteiger partial charge < -0.3 is 5.73 Å². The molecule has 1 heteroatoms. The molecule has 1 aliphatic carbocycles. The molecule has 0 saturated heterocycles. The lowest BCUT2D eigenvalue weighted by molar-refractivity contribution is 0.493. The molecule has 0 amide bonds. The number of aryl methyl sites for hydroxylation is 2. The van der Waals surface area contributed by atoms with Crippen LogP contribution in [0.3, 0.4) is 0 Å². The second-order valence-electron chi connectivity index (χ2n) is 5.90. The standard InChI is InChI=1S/C16H25N/c1-12(2)9-16(17)11-13-7-8-14-5-3-4-6-15(14)10-13/h7-8,10,12,16H,3-6,9,11,17H2,1-2H3. The number of rotatable bonds is 4. The maximum absolute atomic E-state index is 6.18. The van der Waals surface area contributed by atoms with E-state index < -0.39 is 0 Å². The van der Waals surface area contributed by atoms with Crippen LogP contribution in [0.15, 0.2) is 18.2 Å². The summed E-state index contributed by atoms with van der Waals surface area (Å²) in [6, 6.07) is 7.32. The third-order valence-electron chi connectivity index (χ3n) is 3.68. The molecule has 0 fully saturated rings. The molecule has 1 unspecified atom stereocenters. The topological polar surface area (TPSA) is 26.0 Å². The highest BCUT2D eigenvalue weighted by atomic mass is 14.6. The lowest BCUT2D eigenvalue weighted by Crippen LogP contribution is -2.24. The van der Waals surface area contributed by atoms with E-state index in [1.54, 1.807) is 11.1 Å². The summed E-state index contributed by atoms with van der Waals surface area (Å²) in [4.78, 5) is 0. The number of hydrogen-bond donors (Lipinski definition) is 1. The second kappa shape index (κ2) is 5.68. The van der Waals surface area contributed by atoms with Gasteiger partial charge in [-0.25, -0.2) is 0 Å². The molecule has 1 atom stereocenters. The van der Waals surface area contributed by atoms with Crippen LogP contribution in [-0.2, 0) is 19.3 Å². The number of benzene rings is 1. The molecule has 17 heavy (non-hydrogen) atoms. The van der Waals surface area contributed by atoms with E-state index in [-0.39, 0.29) is 0 Å². The van der Waals surface area contributed by atoms with E-state index in [1.165, 1.54) is 31.2 Å². The van der Waals surface area contributed by atoms with Crippen LogP contribution >= 0.6 is 0 Å². The van der Waals surface area contributed by atoms with Gasteiger partial charge in [0.2, 0.25) is 0 Å². The van der Waals surface area contributed by atoms with Crippen molar-refractivity contribution in [1.82, 2.24) is 0 Å². The van der Waals surface area contributed by atoms with Crippen molar-refractivity contribution >= 4 is 0 Å². The van der Waals surface area contributed by atoms with E-state index in [9.17, 15) is 0 Å². The van der Waals surface area contributed by atoms with Gasteiger partial charge in [-0.2, -0.15) is 0 Å². The molecule has 0 bridgehead atoms. The largest absolute Gasteiger partial charge is 0.327 e. The highest BCUT2D eigenvalue weighted by Crippen LogP contribution is 2.23. The first-order valence-electron chi connectivity index (χ1n) is 7.01. The van der Waals surface area contributed by atoms with Crippen molar-refractivity contribution in [2.75, 3.05) is 0 Å². The lowest BCUT2D eigenvalue weighted by Gasteiger charge is -2.18. The summed E-state index contributed by atoms with van der Waals surface area (Å²) in [6.45, 7) is 4.49. The molecule has 0 aliphatic heterocycles. The number of nitrogens with two attached hydrogens (primary N) is 1. The van der Waals surface area contributed by atoms with Crippen molar-refractivity contribution in [2.45, 2.75) is 58.4 Å². The van der Waals surface area contributed by atoms with E-state index in [1.807, 2.05) is 0 Å². The molecule has 1 nitrogen and oxygen atoms in total. The Morgan fingerprint density at radius 1 is 1.12 bits per heavy atom. The zero-order valence-electron chi connectivity index (χ0n) is 11.2. The lowest BCUT2D eigenvalue weighted by atomic mass is 9.88. The van der Waals surface area contributed by atoms with Gasteiger partial charge >= 0.3 is 0 Å². The van der Waals surface area contributed by atoms with Crippen molar-refractivity contribution in [1.29, 1.82) is 0 Å². The minimum Gasteiger partial charge on any atom is -0.327 e. The van der Waals surface area contributed by atoms with E-state index in [0.717, 1.165) is 12.8 Å². The molecule has 0 radical (unpaired) electrons. The number of fused-ring (bicyclic) bond motifs is 1. The second-order valence-corrected chi connectivity index (χ2v) is 5.90. The van der Waals surface area contributed by atoms with E-state index in [4.69, 9.17) is 5.73 Å². The Morgan fingerprint density at radius 2 is 1.82 bits per heavy atom. The molecule has 2 N–H and O–H groups in total. The van der Waals surface area contributed by atoms with Crippen molar-refractivity contribution in [2.24, 2.45) is 11.7 Å². The van der Waals surface area contributed by atoms with Gasteiger partial charge in [0.25, 0.3) is 0 Å². The third-order valence-corrected chi connectivity index (χ3v) is 3.68. The molecule has 94 valence electrons. The summed E-state index contributed by atoms with van der Waals surface area (Å²) < 4.78 is 0. The average Bonchev–Trinajstić information content (AvgIpc) is 2.27. The van der Waals surface area contributed by atoms with Crippen LogP contribution in [0.2, 0.25) is 0 Å². The molecule has 1 aromatic carbocycles. The van der Waals surface area contributed by atoms with Gasteiger partial charge in [0, 0.05) is 6.04 Å². The van der Waals surface area contributed by atoms with Gasteiger partial charge in [-0.3, -0.25) is 0 Å². The van der Waals surface area contributed by atoms with E-state index >= 15 is 0 Å². The Hall–Kier alpha value is -0.820. The van der Waals surface area contributed by atoms with Crippen LogP contribution in [-0.4, -0.2) is 6.04 Å².